The van der Waals surface area contributed by atoms with E-state index in [2.05, 4.69) is 13.2 Å². The first-order chi connectivity index (χ1) is 7.12. The maximum absolute atomic E-state index is 11.1. The van der Waals surface area contributed by atoms with Gasteiger partial charge in [0.2, 0.25) is 0 Å². The van der Waals surface area contributed by atoms with Crippen molar-refractivity contribution >= 4 is 32.4 Å². The molecule has 0 amide bonds. The van der Waals surface area contributed by atoms with Crippen LogP contribution in [0.3, 0.4) is 0 Å². The van der Waals surface area contributed by atoms with Gasteiger partial charge < -0.3 is 8.37 Å². The summed E-state index contributed by atoms with van der Waals surface area (Å²) in [6, 6.07) is 0. The van der Waals surface area contributed by atoms with Gasteiger partial charge >= 0.3 is 11.9 Å². The van der Waals surface area contributed by atoms with Crippen molar-refractivity contribution in [2.75, 3.05) is 11.5 Å². The van der Waals surface area contributed by atoms with Gasteiger partial charge in [-0.25, -0.2) is 9.59 Å². The minimum atomic E-state index is -2.11. The Kier molecular flexibility index (Phi) is 4.28. The lowest BCUT2D eigenvalue weighted by atomic mass is 10.6. The number of hydrogen-bond donors (Lipinski definition) is 0. The molecule has 1 saturated heterocycles. The van der Waals surface area contributed by atoms with E-state index in [1.165, 1.54) is 10.8 Å². The normalized spacial score (nSPS) is 20.0. The standard InChI is InChI=1S/C9H12O4S2/c1-3-8(10)12-15(7-5-6-14-15)13-9(11)4-2/h3-4H,1-2,5-7H2. The van der Waals surface area contributed by atoms with Crippen LogP contribution in [-0.4, -0.2) is 23.4 Å². The maximum atomic E-state index is 11.1. The van der Waals surface area contributed by atoms with Crippen LogP contribution in [0.5, 0.6) is 0 Å². The molecule has 0 aromatic rings. The number of rotatable bonds is 4. The summed E-state index contributed by atoms with van der Waals surface area (Å²) in [7, 11) is -0.730. The molecular formula is C9H12O4S2. The molecule has 0 radical (unpaired) electrons. The lowest BCUT2D eigenvalue weighted by molar-refractivity contribution is -0.131. The summed E-state index contributed by atoms with van der Waals surface area (Å²) in [5.41, 5.74) is 0. The fourth-order valence-corrected chi connectivity index (χ4v) is 5.71. The van der Waals surface area contributed by atoms with E-state index in [-0.39, 0.29) is 0 Å². The zero-order chi connectivity index (χ0) is 11.3. The summed E-state index contributed by atoms with van der Waals surface area (Å²) in [4.78, 5) is 22.2. The molecule has 0 bridgehead atoms. The van der Waals surface area contributed by atoms with Crippen LogP contribution < -0.4 is 0 Å². The molecule has 15 heavy (non-hydrogen) atoms. The third kappa shape index (κ3) is 3.32. The van der Waals surface area contributed by atoms with Crippen LogP contribution in [-0.2, 0) is 18.0 Å². The van der Waals surface area contributed by atoms with Crippen LogP contribution in [0, 0.1) is 0 Å². The first-order valence-corrected chi connectivity index (χ1v) is 7.44. The smallest absolute Gasteiger partial charge is 0.330 e. The summed E-state index contributed by atoms with van der Waals surface area (Å²) >= 11 is 0. The first kappa shape index (κ1) is 12.2. The van der Waals surface area contributed by atoms with Crippen LogP contribution in [0.1, 0.15) is 6.42 Å². The van der Waals surface area contributed by atoms with E-state index >= 15 is 0 Å². The highest BCUT2D eigenvalue weighted by Crippen LogP contribution is 2.66. The Morgan fingerprint density at radius 3 is 2.07 bits per heavy atom. The summed E-state index contributed by atoms with van der Waals surface area (Å²) in [5, 5.41) is 0. The minimum Gasteiger partial charge on any atom is -0.330 e. The van der Waals surface area contributed by atoms with E-state index in [0.29, 0.717) is 5.75 Å². The van der Waals surface area contributed by atoms with Crippen molar-refractivity contribution < 1.29 is 18.0 Å². The summed E-state index contributed by atoms with van der Waals surface area (Å²) in [6.45, 7) is 6.60. The largest absolute Gasteiger partial charge is 0.353 e. The van der Waals surface area contributed by atoms with Crippen LogP contribution in [0.2, 0.25) is 0 Å². The van der Waals surface area contributed by atoms with Gasteiger partial charge in [-0.05, 0) is 17.2 Å². The van der Waals surface area contributed by atoms with Crippen molar-refractivity contribution in [2.24, 2.45) is 0 Å². The molecule has 0 aromatic carbocycles. The average molecular weight is 248 g/mol. The zero-order valence-electron chi connectivity index (χ0n) is 8.14. The SMILES string of the molecule is C=CC(=O)OS1(OC(=O)C=C)CCCS1. The average Bonchev–Trinajstić information content (AvgIpc) is 2.66. The van der Waals surface area contributed by atoms with Gasteiger partial charge in [0.05, 0.1) is 5.75 Å². The fourth-order valence-electron chi connectivity index (χ4n) is 0.947. The van der Waals surface area contributed by atoms with Gasteiger partial charge in [-0.15, -0.1) is 0 Å². The second-order valence-electron chi connectivity index (χ2n) is 2.65. The van der Waals surface area contributed by atoms with Gasteiger partial charge in [-0.2, -0.15) is 0 Å². The van der Waals surface area contributed by atoms with Crippen LogP contribution in [0.4, 0.5) is 0 Å². The Morgan fingerprint density at radius 1 is 1.20 bits per heavy atom. The molecule has 1 rings (SSSR count). The molecule has 0 spiro atoms. The second-order valence-corrected chi connectivity index (χ2v) is 7.38. The highest BCUT2D eigenvalue weighted by molar-refractivity contribution is 8.90. The Balaban J connectivity index is 2.69. The molecule has 4 nitrogen and oxygen atoms in total. The molecule has 1 aliphatic rings. The molecule has 6 heteroatoms. The minimum absolute atomic E-state index is 0.559. The summed E-state index contributed by atoms with van der Waals surface area (Å²) < 4.78 is 10.2. The van der Waals surface area contributed by atoms with Crippen molar-refractivity contribution in [3.63, 3.8) is 0 Å². The van der Waals surface area contributed by atoms with Gasteiger partial charge in [0.25, 0.3) is 0 Å². The molecule has 1 aliphatic heterocycles. The molecular weight excluding hydrogens is 236 g/mol. The van der Waals surface area contributed by atoms with Crippen molar-refractivity contribution in [2.45, 2.75) is 6.42 Å². The Labute approximate surface area is 93.8 Å². The Morgan fingerprint density at radius 2 is 1.73 bits per heavy atom. The van der Waals surface area contributed by atoms with E-state index < -0.39 is 21.6 Å². The second kappa shape index (κ2) is 5.27. The molecule has 0 aromatic heterocycles. The van der Waals surface area contributed by atoms with Crippen LogP contribution in [0.25, 0.3) is 0 Å². The van der Waals surface area contributed by atoms with Crippen LogP contribution >= 0.6 is 20.4 Å². The van der Waals surface area contributed by atoms with Crippen molar-refractivity contribution in [3.05, 3.63) is 25.3 Å². The quantitative estimate of drug-likeness (QED) is 0.563. The van der Waals surface area contributed by atoms with E-state index in [0.717, 1.165) is 24.3 Å². The molecule has 84 valence electrons. The summed E-state index contributed by atoms with van der Waals surface area (Å²) in [6.07, 6.45) is 3.00. The number of hydrogen-bond acceptors (Lipinski definition) is 5. The molecule has 0 saturated carbocycles. The predicted octanol–water partition coefficient (Wildman–Crippen LogP) is 2.13. The van der Waals surface area contributed by atoms with Gasteiger partial charge in [0.1, 0.15) is 0 Å². The molecule has 0 N–H and O–H groups in total. The van der Waals surface area contributed by atoms with E-state index in [4.69, 9.17) is 8.37 Å². The van der Waals surface area contributed by atoms with E-state index in [9.17, 15) is 9.59 Å². The lowest BCUT2D eigenvalue weighted by Gasteiger charge is -2.34. The van der Waals surface area contributed by atoms with E-state index in [1.807, 2.05) is 0 Å². The lowest BCUT2D eigenvalue weighted by Crippen LogP contribution is -2.12. The Bertz CT molecular complexity index is 270. The van der Waals surface area contributed by atoms with Crippen molar-refractivity contribution in [3.8, 4) is 0 Å². The van der Waals surface area contributed by atoms with Gasteiger partial charge in [0, 0.05) is 17.9 Å². The van der Waals surface area contributed by atoms with Gasteiger partial charge in [-0.1, -0.05) is 22.8 Å². The van der Waals surface area contributed by atoms with Gasteiger partial charge in [0.15, 0.2) is 0 Å². The first-order valence-electron chi connectivity index (χ1n) is 4.29. The molecule has 0 unspecified atom stereocenters. The third-order valence-electron chi connectivity index (χ3n) is 1.55. The van der Waals surface area contributed by atoms with Gasteiger partial charge in [-0.3, -0.25) is 0 Å². The number of carbonyl (C=O) groups excluding carboxylic acids is 2. The maximum Gasteiger partial charge on any atom is 0.353 e. The fraction of sp³-hybridized carbons (Fsp3) is 0.333. The van der Waals surface area contributed by atoms with E-state index in [1.54, 1.807) is 0 Å². The predicted molar refractivity (Wildman–Crippen MR) is 62.1 cm³/mol. The summed E-state index contributed by atoms with van der Waals surface area (Å²) in [5.74, 6) is 0.286. The van der Waals surface area contributed by atoms with Crippen molar-refractivity contribution in [1.82, 2.24) is 0 Å². The molecule has 1 fully saturated rings. The molecule has 1 heterocycles. The van der Waals surface area contributed by atoms with Crippen molar-refractivity contribution in [1.29, 1.82) is 0 Å². The van der Waals surface area contributed by atoms with Crippen LogP contribution in [0.15, 0.2) is 25.3 Å². The molecule has 0 atom stereocenters. The Hall–Kier alpha value is -0.880. The highest BCUT2D eigenvalue weighted by atomic mass is 33.2. The third-order valence-corrected chi connectivity index (χ3v) is 6.48. The zero-order valence-corrected chi connectivity index (χ0v) is 9.77. The highest BCUT2D eigenvalue weighted by Gasteiger charge is 2.32. The number of carbonyl (C=O) groups is 2. The molecule has 0 aliphatic carbocycles. The topological polar surface area (TPSA) is 52.6 Å². The monoisotopic (exact) mass is 248 g/mol.